The predicted molar refractivity (Wildman–Crippen MR) is 154 cm³/mol. The molecule has 2 aromatic carbocycles. The van der Waals surface area contributed by atoms with E-state index in [0.29, 0.717) is 45.0 Å². The highest BCUT2D eigenvalue weighted by atomic mass is 19.1. The van der Waals surface area contributed by atoms with Crippen molar-refractivity contribution in [2.75, 3.05) is 39.4 Å². The zero-order valence-corrected chi connectivity index (χ0v) is 23.8. The lowest BCUT2D eigenvalue weighted by molar-refractivity contribution is 0.0256. The number of nitrogens with zero attached hydrogens (tertiary/aromatic N) is 3. The lowest BCUT2D eigenvalue weighted by Gasteiger charge is -2.40. The largest absolute Gasteiger partial charge is 0.381 e. The van der Waals surface area contributed by atoms with Gasteiger partial charge in [-0.3, -0.25) is 0 Å². The molecule has 2 amide bonds. The summed E-state index contributed by atoms with van der Waals surface area (Å²) in [5, 5.41) is 6.06. The minimum atomic E-state index is -1.11. The van der Waals surface area contributed by atoms with Crippen molar-refractivity contribution in [3.05, 3.63) is 77.8 Å². The normalized spacial score (nSPS) is 20.8. The molecule has 0 unspecified atom stereocenters. The number of aromatic nitrogens is 2. The molecule has 0 bridgehead atoms. The van der Waals surface area contributed by atoms with Gasteiger partial charge in [0.05, 0.1) is 11.7 Å². The molecule has 11 heteroatoms. The molecule has 2 aliphatic heterocycles. The molecule has 3 aromatic rings. The standard InChI is InChI=1S/C31H39F3N6O2/c1-20(14-35)37-31(41)40(18-23-15-36-16-27(23)34)29(22-9-11-42-12-10-22)30-38-28(25-13-24(32)7-8-26(25)33)19-39(30)17-21-5-3-2-4-6-21/h2-8,13,19-20,22-23,27,29,36H,9-12,14-18,35H2,1H3,(H,37,41)/t20-,23-,27-,29+/m0/s1. The number of rotatable bonds is 10. The van der Waals surface area contributed by atoms with Crippen molar-refractivity contribution in [1.29, 1.82) is 0 Å². The Labute approximate surface area is 244 Å². The Balaban J connectivity index is 1.64. The minimum Gasteiger partial charge on any atom is -0.381 e. The second kappa shape index (κ2) is 13.7. The fraction of sp³-hybridized carbons (Fsp3) is 0.484. The lowest BCUT2D eigenvalue weighted by Crippen LogP contribution is -2.52. The van der Waals surface area contributed by atoms with Gasteiger partial charge in [-0.1, -0.05) is 30.3 Å². The first kappa shape index (κ1) is 30.1. The number of hydrogen-bond donors (Lipinski definition) is 3. The number of ether oxygens (including phenoxy) is 1. The van der Waals surface area contributed by atoms with Gasteiger partial charge in [-0.2, -0.15) is 0 Å². The fourth-order valence-electron chi connectivity index (χ4n) is 5.84. The maximum absolute atomic E-state index is 15.0. The molecule has 5 rings (SSSR count). The van der Waals surface area contributed by atoms with Crippen LogP contribution in [0, 0.1) is 23.5 Å². The molecule has 4 N–H and O–H groups in total. The number of nitrogens with two attached hydrogens (primary N) is 1. The maximum atomic E-state index is 15.0. The zero-order valence-electron chi connectivity index (χ0n) is 23.8. The average Bonchev–Trinajstić information content (AvgIpc) is 3.60. The fourth-order valence-corrected chi connectivity index (χ4v) is 5.84. The van der Waals surface area contributed by atoms with Crippen LogP contribution in [0.15, 0.2) is 54.7 Å². The molecule has 0 saturated carbocycles. The molecule has 2 saturated heterocycles. The number of urea groups is 1. The van der Waals surface area contributed by atoms with Crippen LogP contribution in [0.3, 0.4) is 0 Å². The van der Waals surface area contributed by atoms with E-state index in [-0.39, 0.29) is 48.9 Å². The highest BCUT2D eigenvalue weighted by Crippen LogP contribution is 2.38. The first-order valence-corrected chi connectivity index (χ1v) is 14.6. The predicted octanol–water partition coefficient (Wildman–Crippen LogP) is 4.26. The minimum absolute atomic E-state index is 0.0327. The molecule has 2 aliphatic rings. The van der Waals surface area contributed by atoms with E-state index < -0.39 is 29.8 Å². The van der Waals surface area contributed by atoms with Crippen LogP contribution in [0.2, 0.25) is 0 Å². The Morgan fingerprint density at radius 2 is 1.95 bits per heavy atom. The number of imidazole rings is 1. The van der Waals surface area contributed by atoms with Gasteiger partial charge in [-0.15, -0.1) is 0 Å². The van der Waals surface area contributed by atoms with E-state index in [1.54, 1.807) is 11.1 Å². The van der Waals surface area contributed by atoms with Crippen LogP contribution < -0.4 is 16.4 Å². The van der Waals surface area contributed by atoms with E-state index >= 15 is 0 Å². The number of hydrogen-bond acceptors (Lipinski definition) is 5. The number of alkyl halides is 1. The third-order valence-corrected chi connectivity index (χ3v) is 8.19. The van der Waals surface area contributed by atoms with Crippen LogP contribution in [0.5, 0.6) is 0 Å². The first-order valence-electron chi connectivity index (χ1n) is 14.6. The topological polar surface area (TPSA) is 97.4 Å². The van der Waals surface area contributed by atoms with Crippen molar-refractivity contribution < 1.29 is 22.7 Å². The quantitative estimate of drug-likeness (QED) is 0.331. The van der Waals surface area contributed by atoms with Crippen molar-refractivity contribution in [2.24, 2.45) is 17.6 Å². The second-order valence-electron chi connectivity index (χ2n) is 11.3. The van der Waals surface area contributed by atoms with Crippen LogP contribution in [0.4, 0.5) is 18.0 Å². The van der Waals surface area contributed by atoms with Gasteiger partial charge in [0.15, 0.2) is 0 Å². The van der Waals surface area contributed by atoms with E-state index in [9.17, 15) is 18.0 Å². The number of halogens is 3. The van der Waals surface area contributed by atoms with Gasteiger partial charge in [-0.25, -0.2) is 22.9 Å². The Morgan fingerprint density at radius 1 is 1.19 bits per heavy atom. The smallest absolute Gasteiger partial charge is 0.318 e. The number of benzene rings is 2. The van der Waals surface area contributed by atoms with Crippen LogP contribution in [-0.4, -0.2) is 72.1 Å². The monoisotopic (exact) mass is 584 g/mol. The summed E-state index contributed by atoms with van der Waals surface area (Å²) < 4.78 is 51.8. The summed E-state index contributed by atoms with van der Waals surface area (Å²) in [6.45, 7) is 4.30. The highest BCUT2D eigenvalue weighted by molar-refractivity contribution is 5.75. The van der Waals surface area contributed by atoms with Crippen molar-refractivity contribution in [1.82, 2.24) is 25.1 Å². The molecule has 226 valence electrons. The summed E-state index contributed by atoms with van der Waals surface area (Å²) in [6.07, 6.45) is 1.92. The number of carbonyl (C=O) groups is 1. The summed E-state index contributed by atoms with van der Waals surface area (Å²) in [4.78, 5) is 20.5. The van der Waals surface area contributed by atoms with Gasteiger partial charge in [-0.05, 0) is 49.4 Å². The second-order valence-corrected chi connectivity index (χ2v) is 11.3. The molecule has 3 heterocycles. The summed E-state index contributed by atoms with van der Waals surface area (Å²) in [7, 11) is 0. The molecule has 0 aliphatic carbocycles. The van der Waals surface area contributed by atoms with E-state index in [1.165, 1.54) is 0 Å². The number of carbonyl (C=O) groups excluding carboxylic acids is 1. The van der Waals surface area contributed by atoms with Crippen molar-refractivity contribution in [2.45, 2.75) is 44.6 Å². The molecule has 42 heavy (non-hydrogen) atoms. The summed E-state index contributed by atoms with van der Waals surface area (Å²) in [5.41, 5.74) is 7.11. The Hall–Kier alpha value is -3.41. The third-order valence-electron chi connectivity index (χ3n) is 8.19. The number of nitrogens with one attached hydrogen (secondary N) is 2. The van der Waals surface area contributed by atoms with E-state index in [1.807, 2.05) is 41.8 Å². The molecule has 0 radical (unpaired) electrons. The van der Waals surface area contributed by atoms with Crippen molar-refractivity contribution in [3.8, 4) is 11.3 Å². The van der Waals surface area contributed by atoms with Crippen LogP contribution >= 0.6 is 0 Å². The van der Waals surface area contributed by atoms with Gasteiger partial charge in [0, 0.05) is 69.7 Å². The third kappa shape index (κ3) is 6.96. The lowest BCUT2D eigenvalue weighted by atomic mass is 9.89. The molecule has 4 atom stereocenters. The SMILES string of the molecule is C[C@@H](CN)NC(=O)N(C[C@@H]1CNC[C@@H]1F)[C@@H](c1nc(-c2cc(F)ccc2F)cn1Cc1ccccc1)C1CCOCC1. The summed E-state index contributed by atoms with van der Waals surface area (Å²) >= 11 is 0. The Kier molecular flexibility index (Phi) is 9.81. The van der Waals surface area contributed by atoms with E-state index in [2.05, 4.69) is 10.6 Å². The molecule has 0 spiro atoms. The van der Waals surface area contributed by atoms with Crippen LogP contribution in [0.25, 0.3) is 11.3 Å². The molecule has 1 aromatic heterocycles. The zero-order chi connectivity index (χ0) is 29.6. The highest BCUT2D eigenvalue weighted by Gasteiger charge is 2.40. The van der Waals surface area contributed by atoms with Crippen LogP contribution in [0.1, 0.15) is 37.2 Å². The van der Waals surface area contributed by atoms with Crippen molar-refractivity contribution >= 4 is 6.03 Å². The summed E-state index contributed by atoms with van der Waals surface area (Å²) in [5.74, 6) is -1.12. The van der Waals surface area contributed by atoms with E-state index in [4.69, 9.17) is 15.5 Å². The summed E-state index contributed by atoms with van der Waals surface area (Å²) in [6, 6.07) is 11.7. The molecular weight excluding hydrogens is 545 g/mol. The first-order chi connectivity index (χ1) is 20.3. The van der Waals surface area contributed by atoms with Gasteiger partial charge < -0.3 is 30.6 Å². The Bertz CT molecular complexity index is 1330. The van der Waals surface area contributed by atoms with Gasteiger partial charge in [0.1, 0.15) is 23.6 Å². The average molecular weight is 585 g/mol. The van der Waals surface area contributed by atoms with Crippen molar-refractivity contribution in [3.63, 3.8) is 0 Å². The molecule has 8 nitrogen and oxygen atoms in total. The Morgan fingerprint density at radius 3 is 2.64 bits per heavy atom. The van der Waals surface area contributed by atoms with Gasteiger partial charge >= 0.3 is 6.03 Å². The molecule has 2 fully saturated rings. The number of amides is 2. The van der Waals surface area contributed by atoms with Gasteiger partial charge in [0.2, 0.25) is 0 Å². The van der Waals surface area contributed by atoms with Gasteiger partial charge in [0.25, 0.3) is 0 Å². The molecular formula is C31H39F3N6O2. The van der Waals surface area contributed by atoms with Crippen LogP contribution in [-0.2, 0) is 11.3 Å². The maximum Gasteiger partial charge on any atom is 0.318 e. The van der Waals surface area contributed by atoms with E-state index in [0.717, 1.165) is 23.8 Å².